The van der Waals surface area contributed by atoms with Gasteiger partial charge in [-0.25, -0.2) is 4.79 Å². The molecule has 1 rings (SSSR count). The van der Waals surface area contributed by atoms with Gasteiger partial charge in [-0.05, 0) is 26.5 Å². The molecule has 104 valence electrons. The first-order valence-electron chi connectivity index (χ1n) is 6.27. The van der Waals surface area contributed by atoms with E-state index in [1.54, 1.807) is 4.90 Å². The summed E-state index contributed by atoms with van der Waals surface area (Å²) in [6, 6.07) is 0. The van der Waals surface area contributed by atoms with Gasteiger partial charge in [0.2, 0.25) is 0 Å². The van der Waals surface area contributed by atoms with Crippen LogP contribution < -0.4 is 0 Å². The third kappa shape index (κ3) is 4.76. The molecule has 0 unspecified atom stereocenters. The predicted octanol–water partition coefficient (Wildman–Crippen LogP) is 2.23. The number of nitrogens with zero attached hydrogens (tertiary/aromatic N) is 2. The second-order valence-electron chi connectivity index (χ2n) is 5.19. The number of ether oxygens (including phenoxy) is 1. The maximum absolute atomic E-state index is 11.8. The maximum atomic E-state index is 11.8. The van der Waals surface area contributed by atoms with Gasteiger partial charge in [-0.1, -0.05) is 18.7 Å². The van der Waals surface area contributed by atoms with Crippen LogP contribution in [0.5, 0.6) is 0 Å². The van der Waals surface area contributed by atoms with Gasteiger partial charge < -0.3 is 14.5 Å². The molecule has 1 N–H and O–H groups in total. The van der Waals surface area contributed by atoms with E-state index >= 15 is 0 Å². The molecular formula is C12H23N3O2S. The Labute approximate surface area is 113 Å². The molecule has 0 aromatic carbocycles. The molecule has 0 aliphatic carbocycles. The van der Waals surface area contributed by atoms with E-state index in [0.717, 1.165) is 5.75 Å². The molecule has 0 spiro atoms. The number of amides is 1. The van der Waals surface area contributed by atoms with Crippen molar-refractivity contribution in [3.63, 3.8) is 0 Å². The highest BCUT2D eigenvalue weighted by Gasteiger charge is 2.26. The number of hydrogen-bond donors (Lipinski definition) is 1. The first-order valence-corrected chi connectivity index (χ1v) is 7.26. The summed E-state index contributed by atoms with van der Waals surface area (Å²) in [5.74, 6) is 0.908. The number of piperazine rings is 1. The molecule has 0 aromatic heterocycles. The Bertz CT molecular complexity index is 307. The minimum absolute atomic E-state index is 0.253. The highest BCUT2D eigenvalue weighted by molar-refractivity contribution is 8.13. The minimum atomic E-state index is -0.445. The number of amidine groups is 1. The second-order valence-corrected chi connectivity index (χ2v) is 6.45. The monoisotopic (exact) mass is 273 g/mol. The van der Waals surface area contributed by atoms with Gasteiger partial charge in [0.1, 0.15) is 5.60 Å². The van der Waals surface area contributed by atoms with Crippen LogP contribution in [0.25, 0.3) is 0 Å². The molecule has 6 heteroatoms. The van der Waals surface area contributed by atoms with Gasteiger partial charge in [0.05, 0.1) is 0 Å². The van der Waals surface area contributed by atoms with Crippen LogP contribution >= 0.6 is 11.8 Å². The molecule has 0 radical (unpaired) electrons. The van der Waals surface area contributed by atoms with Crippen LogP contribution in [0.3, 0.4) is 0 Å². The molecule has 0 atom stereocenters. The summed E-state index contributed by atoms with van der Waals surface area (Å²) in [5.41, 5.74) is -0.445. The van der Waals surface area contributed by atoms with E-state index in [1.165, 1.54) is 11.8 Å². The Morgan fingerprint density at radius 3 is 2.17 bits per heavy atom. The molecule has 1 aliphatic heterocycles. The topological polar surface area (TPSA) is 56.6 Å². The van der Waals surface area contributed by atoms with E-state index in [4.69, 9.17) is 10.1 Å². The van der Waals surface area contributed by atoms with Crippen LogP contribution in [0, 0.1) is 5.41 Å². The van der Waals surface area contributed by atoms with Crippen molar-refractivity contribution in [1.29, 1.82) is 5.41 Å². The standard InChI is InChI=1S/C12H23N3O2S/c1-5-18-10(13)14-6-8-15(9-7-14)11(16)17-12(2,3)4/h13H,5-9H2,1-4H3. The summed E-state index contributed by atoms with van der Waals surface area (Å²) in [7, 11) is 0. The second kappa shape index (κ2) is 6.31. The number of carbonyl (C=O) groups is 1. The number of nitrogens with one attached hydrogen (secondary N) is 1. The Hall–Kier alpha value is -0.910. The zero-order chi connectivity index (χ0) is 13.8. The summed E-state index contributed by atoms with van der Waals surface area (Å²) in [6.07, 6.45) is -0.253. The van der Waals surface area contributed by atoms with Crippen molar-refractivity contribution in [1.82, 2.24) is 9.80 Å². The minimum Gasteiger partial charge on any atom is -0.444 e. The molecule has 1 amide bonds. The van der Waals surface area contributed by atoms with Crippen LogP contribution in [0.4, 0.5) is 4.79 Å². The fourth-order valence-electron chi connectivity index (χ4n) is 1.65. The average Bonchev–Trinajstić information content (AvgIpc) is 2.27. The van der Waals surface area contributed by atoms with Crippen LogP contribution in [0.1, 0.15) is 27.7 Å². The summed E-state index contributed by atoms with van der Waals surface area (Å²) in [4.78, 5) is 15.6. The molecule has 1 saturated heterocycles. The van der Waals surface area contributed by atoms with Gasteiger partial charge in [-0.2, -0.15) is 0 Å². The Kier molecular flexibility index (Phi) is 5.31. The van der Waals surface area contributed by atoms with Crippen molar-refractivity contribution >= 4 is 23.0 Å². The molecule has 1 aliphatic rings. The van der Waals surface area contributed by atoms with Gasteiger partial charge in [0.25, 0.3) is 0 Å². The first-order chi connectivity index (χ1) is 8.33. The van der Waals surface area contributed by atoms with E-state index < -0.39 is 5.60 Å². The maximum Gasteiger partial charge on any atom is 0.410 e. The van der Waals surface area contributed by atoms with Crippen molar-refractivity contribution in [2.75, 3.05) is 31.9 Å². The van der Waals surface area contributed by atoms with E-state index in [0.29, 0.717) is 31.3 Å². The van der Waals surface area contributed by atoms with E-state index in [-0.39, 0.29) is 6.09 Å². The molecule has 0 aromatic rings. The van der Waals surface area contributed by atoms with E-state index in [2.05, 4.69) is 0 Å². The van der Waals surface area contributed by atoms with Crippen LogP contribution in [-0.4, -0.2) is 58.6 Å². The molecule has 1 fully saturated rings. The zero-order valence-electron chi connectivity index (χ0n) is 11.7. The Balaban J connectivity index is 2.39. The van der Waals surface area contributed by atoms with Gasteiger partial charge in [0.15, 0.2) is 5.17 Å². The van der Waals surface area contributed by atoms with Crippen LogP contribution in [0.15, 0.2) is 0 Å². The van der Waals surface area contributed by atoms with Gasteiger partial charge in [-0.3, -0.25) is 5.41 Å². The van der Waals surface area contributed by atoms with Crippen molar-refractivity contribution in [3.05, 3.63) is 0 Å². The highest BCUT2D eigenvalue weighted by Crippen LogP contribution is 2.14. The molecular weight excluding hydrogens is 250 g/mol. The van der Waals surface area contributed by atoms with Crippen molar-refractivity contribution in [2.45, 2.75) is 33.3 Å². The molecule has 1 heterocycles. The fourth-order valence-corrected chi connectivity index (χ4v) is 2.29. The quantitative estimate of drug-likeness (QED) is 0.588. The lowest BCUT2D eigenvalue weighted by Gasteiger charge is -2.36. The molecule has 0 bridgehead atoms. The molecule has 5 nitrogen and oxygen atoms in total. The van der Waals surface area contributed by atoms with E-state index in [1.807, 2.05) is 32.6 Å². The third-order valence-corrected chi connectivity index (χ3v) is 3.32. The Morgan fingerprint density at radius 1 is 1.22 bits per heavy atom. The SMILES string of the molecule is CCSC(=N)N1CCN(C(=O)OC(C)(C)C)CC1. The molecule has 18 heavy (non-hydrogen) atoms. The van der Waals surface area contributed by atoms with Crippen molar-refractivity contribution < 1.29 is 9.53 Å². The first kappa shape index (κ1) is 15.1. The number of hydrogen-bond acceptors (Lipinski definition) is 4. The van der Waals surface area contributed by atoms with Gasteiger partial charge in [-0.15, -0.1) is 0 Å². The van der Waals surface area contributed by atoms with Gasteiger partial charge >= 0.3 is 6.09 Å². The van der Waals surface area contributed by atoms with Crippen molar-refractivity contribution in [2.24, 2.45) is 0 Å². The highest BCUT2D eigenvalue weighted by atomic mass is 32.2. The summed E-state index contributed by atoms with van der Waals surface area (Å²) >= 11 is 1.53. The lowest BCUT2D eigenvalue weighted by Crippen LogP contribution is -2.51. The summed E-state index contributed by atoms with van der Waals surface area (Å²) in [5, 5.41) is 8.45. The molecule has 0 saturated carbocycles. The predicted molar refractivity (Wildman–Crippen MR) is 75.2 cm³/mol. The zero-order valence-corrected chi connectivity index (χ0v) is 12.5. The van der Waals surface area contributed by atoms with Crippen LogP contribution in [-0.2, 0) is 4.74 Å². The van der Waals surface area contributed by atoms with E-state index in [9.17, 15) is 4.79 Å². The summed E-state index contributed by atoms with van der Waals surface area (Å²) < 4.78 is 5.33. The smallest absolute Gasteiger partial charge is 0.410 e. The number of carbonyl (C=O) groups excluding carboxylic acids is 1. The lowest BCUT2D eigenvalue weighted by molar-refractivity contribution is 0.0188. The average molecular weight is 273 g/mol. The van der Waals surface area contributed by atoms with Crippen LogP contribution in [0.2, 0.25) is 0 Å². The fraction of sp³-hybridized carbons (Fsp3) is 0.833. The largest absolute Gasteiger partial charge is 0.444 e. The van der Waals surface area contributed by atoms with Gasteiger partial charge in [0, 0.05) is 26.2 Å². The third-order valence-electron chi connectivity index (χ3n) is 2.50. The number of rotatable bonds is 1. The summed E-state index contributed by atoms with van der Waals surface area (Å²) in [6.45, 7) is 10.3. The normalized spacial score (nSPS) is 16.7. The lowest BCUT2D eigenvalue weighted by atomic mass is 10.2. The number of thioether (sulfide) groups is 1. The Morgan fingerprint density at radius 2 is 1.72 bits per heavy atom. The van der Waals surface area contributed by atoms with Crippen molar-refractivity contribution in [3.8, 4) is 0 Å².